The van der Waals surface area contributed by atoms with Gasteiger partial charge in [-0.05, 0) is 25.1 Å². The van der Waals surface area contributed by atoms with Gasteiger partial charge in [0.15, 0.2) is 0 Å². The van der Waals surface area contributed by atoms with Crippen LogP contribution < -0.4 is 5.73 Å². The van der Waals surface area contributed by atoms with Crippen LogP contribution in [0.1, 0.15) is 24.4 Å². The van der Waals surface area contributed by atoms with Gasteiger partial charge in [0, 0.05) is 17.8 Å². The summed E-state index contributed by atoms with van der Waals surface area (Å²) < 4.78 is 51.4. The van der Waals surface area contributed by atoms with E-state index in [1.807, 2.05) is 0 Å². The highest BCUT2D eigenvalue weighted by atomic mass is 19.4. The van der Waals surface area contributed by atoms with Crippen molar-refractivity contribution in [2.24, 2.45) is 5.73 Å². The van der Waals surface area contributed by atoms with Crippen LogP contribution >= 0.6 is 0 Å². The van der Waals surface area contributed by atoms with E-state index in [-0.39, 0.29) is 17.0 Å². The molecule has 3 nitrogen and oxygen atoms in total. The normalized spacial score (nSPS) is 13.3. The maximum absolute atomic E-state index is 13.7. The van der Waals surface area contributed by atoms with Gasteiger partial charge >= 0.3 is 6.18 Å². The number of pyridine rings is 2. The zero-order valence-corrected chi connectivity index (χ0v) is 10.4. The molecule has 7 heteroatoms. The maximum atomic E-state index is 13.7. The summed E-state index contributed by atoms with van der Waals surface area (Å²) in [4.78, 5) is 7.29. The molecule has 0 fully saturated rings. The fourth-order valence-electron chi connectivity index (χ4n) is 1.68. The van der Waals surface area contributed by atoms with E-state index in [4.69, 9.17) is 5.73 Å². The largest absolute Gasteiger partial charge is 0.433 e. The van der Waals surface area contributed by atoms with Crippen LogP contribution in [0, 0.1) is 5.82 Å². The molecule has 0 bridgehead atoms. The van der Waals surface area contributed by atoms with Crippen molar-refractivity contribution in [1.29, 1.82) is 0 Å². The third-order valence-corrected chi connectivity index (χ3v) is 2.64. The molecule has 0 spiro atoms. The van der Waals surface area contributed by atoms with Crippen LogP contribution in [-0.4, -0.2) is 9.97 Å². The van der Waals surface area contributed by atoms with Gasteiger partial charge in [-0.25, -0.2) is 9.37 Å². The minimum atomic E-state index is -4.55. The standard InChI is InChI=1S/C13H11F4N3/c1-7(18)12-9(14)5-8(6-19-12)10-3-2-4-11(20-10)13(15,16)17/h2-7H,18H2,1H3. The Bertz CT molecular complexity index is 623. The molecule has 1 atom stereocenters. The zero-order valence-electron chi connectivity index (χ0n) is 10.4. The van der Waals surface area contributed by atoms with Crippen molar-refractivity contribution in [3.8, 4) is 11.3 Å². The molecule has 0 aromatic carbocycles. The van der Waals surface area contributed by atoms with Crippen molar-refractivity contribution in [2.75, 3.05) is 0 Å². The van der Waals surface area contributed by atoms with Crippen LogP contribution in [0.2, 0.25) is 0 Å². The first kappa shape index (κ1) is 14.4. The number of nitrogens with two attached hydrogens (primary N) is 1. The van der Waals surface area contributed by atoms with Crippen molar-refractivity contribution in [1.82, 2.24) is 9.97 Å². The van der Waals surface area contributed by atoms with Gasteiger partial charge in [-0.15, -0.1) is 0 Å². The molecule has 1 unspecified atom stereocenters. The number of rotatable bonds is 2. The van der Waals surface area contributed by atoms with Gasteiger partial charge < -0.3 is 5.73 Å². The lowest BCUT2D eigenvalue weighted by atomic mass is 10.1. The van der Waals surface area contributed by atoms with Gasteiger partial charge in [0.05, 0.1) is 11.4 Å². The summed E-state index contributed by atoms with van der Waals surface area (Å²) in [5, 5.41) is 0. The molecular formula is C13H11F4N3. The summed E-state index contributed by atoms with van der Waals surface area (Å²) in [5.41, 5.74) is 4.71. The predicted octanol–water partition coefficient (Wildman–Crippen LogP) is 3.32. The maximum Gasteiger partial charge on any atom is 0.433 e. The third kappa shape index (κ3) is 2.93. The lowest BCUT2D eigenvalue weighted by Gasteiger charge is -2.10. The van der Waals surface area contributed by atoms with Gasteiger partial charge in [0.25, 0.3) is 0 Å². The second-order valence-electron chi connectivity index (χ2n) is 4.29. The Kier molecular flexibility index (Phi) is 3.71. The van der Waals surface area contributed by atoms with E-state index in [9.17, 15) is 17.6 Å². The predicted molar refractivity (Wildman–Crippen MR) is 65.0 cm³/mol. The number of halogens is 4. The van der Waals surface area contributed by atoms with Gasteiger partial charge in [0.1, 0.15) is 11.5 Å². The number of aromatic nitrogens is 2. The van der Waals surface area contributed by atoms with Crippen LogP contribution in [0.25, 0.3) is 11.3 Å². The molecule has 0 saturated carbocycles. The first-order chi connectivity index (χ1) is 9.29. The SMILES string of the molecule is CC(N)c1ncc(-c2cccc(C(F)(F)F)n2)cc1F. The molecule has 0 saturated heterocycles. The lowest BCUT2D eigenvalue weighted by Crippen LogP contribution is -2.10. The van der Waals surface area contributed by atoms with Crippen LogP contribution in [0.4, 0.5) is 17.6 Å². The molecule has 2 aromatic rings. The highest BCUT2D eigenvalue weighted by Crippen LogP contribution is 2.29. The van der Waals surface area contributed by atoms with Crippen molar-refractivity contribution in [3.05, 3.63) is 47.7 Å². The van der Waals surface area contributed by atoms with E-state index in [2.05, 4.69) is 9.97 Å². The van der Waals surface area contributed by atoms with E-state index >= 15 is 0 Å². The van der Waals surface area contributed by atoms with E-state index in [0.29, 0.717) is 0 Å². The van der Waals surface area contributed by atoms with Crippen molar-refractivity contribution >= 4 is 0 Å². The molecule has 0 amide bonds. The second-order valence-corrected chi connectivity index (χ2v) is 4.29. The summed E-state index contributed by atoms with van der Waals surface area (Å²) >= 11 is 0. The monoisotopic (exact) mass is 285 g/mol. The van der Waals surface area contributed by atoms with Crippen LogP contribution in [0.3, 0.4) is 0 Å². The van der Waals surface area contributed by atoms with E-state index in [1.165, 1.54) is 18.3 Å². The third-order valence-electron chi connectivity index (χ3n) is 2.64. The summed E-state index contributed by atoms with van der Waals surface area (Å²) in [6.45, 7) is 1.56. The second kappa shape index (κ2) is 5.16. The smallest absolute Gasteiger partial charge is 0.323 e. The van der Waals surface area contributed by atoms with E-state index in [0.717, 1.165) is 12.1 Å². The molecule has 0 aliphatic heterocycles. The highest BCUT2D eigenvalue weighted by molar-refractivity contribution is 5.58. The summed E-state index contributed by atoms with van der Waals surface area (Å²) in [5.74, 6) is -0.670. The lowest BCUT2D eigenvalue weighted by molar-refractivity contribution is -0.141. The molecule has 106 valence electrons. The summed E-state index contributed by atoms with van der Waals surface area (Å²) in [6.07, 6.45) is -3.29. The molecule has 2 rings (SSSR count). The Labute approximate surface area is 112 Å². The average molecular weight is 285 g/mol. The number of nitrogens with zero attached hydrogens (tertiary/aromatic N) is 2. The Balaban J connectivity index is 2.45. The number of hydrogen-bond acceptors (Lipinski definition) is 3. The Morgan fingerprint density at radius 2 is 1.95 bits per heavy atom. The molecule has 2 N–H and O–H groups in total. The van der Waals surface area contributed by atoms with Crippen molar-refractivity contribution in [3.63, 3.8) is 0 Å². The summed E-state index contributed by atoms with van der Waals surface area (Å²) in [7, 11) is 0. The van der Waals surface area contributed by atoms with Crippen LogP contribution in [0.15, 0.2) is 30.5 Å². The molecular weight excluding hydrogens is 274 g/mol. The van der Waals surface area contributed by atoms with E-state index in [1.54, 1.807) is 6.92 Å². The average Bonchev–Trinajstić information content (AvgIpc) is 2.37. The molecule has 2 heterocycles. The fourth-order valence-corrected chi connectivity index (χ4v) is 1.68. The number of hydrogen-bond donors (Lipinski definition) is 1. The Hall–Kier alpha value is -2.02. The quantitative estimate of drug-likeness (QED) is 0.861. The van der Waals surface area contributed by atoms with Crippen LogP contribution in [0.5, 0.6) is 0 Å². The van der Waals surface area contributed by atoms with Gasteiger partial charge in [-0.1, -0.05) is 6.07 Å². The topological polar surface area (TPSA) is 51.8 Å². The van der Waals surface area contributed by atoms with Gasteiger partial charge in [0.2, 0.25) is 0 Å². The van der Waals surface area contributed by atoms with Crippen molar-refractivity contribution in [2.45, 2.75) is 19.1 Å². The molecule has 20 heavy (non-hydrogen) atoms. The van der Waals surface area contributed by atoms with Crippen molar-refractivity contribution < 1.29 is 17.6 Å². The minimum Gasteiger partial charge on any atom is -0.323 e. The minimum absolute atomic E-state index is 0.00227. The van der Waals surface area contributed by atoms with Gasteiger partial charge in [-0.3, -0.25) is 4.98 Å². The zero-order chi connectivity index (χ0) is 14.9. The van der Waals surface area contributed by atoms with E-state index < -0.39 is 23.7 Å². The van der Waals surface area contributed by atoms with Gasteiger partial charge in [-0.2, -0.15) is 13.2 Å². The first-order valence-electron chi connectivity index (χ1n) is 5.74. The number of alkyl halides is 3. The highest BCUT2D eigenvalue weighted by Gasteiger charge is 2.32. The fraction of sp³-hybridized carbons (Fsp3) is 0.231. The Morgan fingerprint density at radius 3 is 2.50 bits per heavy atom. The molecule has 0 aliphatic carbocycles. The Morgan fingerprint density at radius 1 is 1.25 bits per heavy atom. The molecule has 0 radical (unpaired) electrons. The van der Waals surface area contributed by atoms with Crippen LogP contribution in [-0.2, 0) is 6.18 Å². The molecule has 2 aromatic heterocycles. The summed E-state index contributed by atoms with van der Waals surface area (Å²) in [6, 6.07) is 3.90. The first-order valence-corrected chi connectivity index (χ1v) is 5.74. The molecule has 0 aliphatic rings.